The lowest BCUT2D eigenvalue weighted by Gasteiger charge is -2.36. The molecule has 0 unspecified atom stereocenters. The van der Waals surface area contributed by atoms with Crippen LogP contribution in [0.2, 0.25) is 0 Å². The Kier molecular flexibility index (Phi) is 5.44. The number of amides is 1. The summed E-state index contributed by atoms with van der Waals surface area (Å²) in [5, 5.41) is 3.01. The molecule has 0 aliphatic carbocycles. The normalized spacial score (nSPS) is 14.9. The summed E-state index contributed by atoms with van der Waals surface area (Å²) in [6.45, 7) is 2.22. The van der Waals surface area contributed by atoms with Gasteiger partial charge in [-0.05, 0) is 53.4 Å². The molecule has 0 saturated carbocycles. The van der Waals surface area contributed by atoms with Gasteiger partial charge in [0.05, 0.1) is 6.04 Å². The van der Waals surface area contributed by atoms with Gasteiger partial charge in [-0.3, -0.25) is 14.7 Å². The third-order valence-electron chi connectivity index (χ3n) is 5.23. The molecular formula is C23H22FN3O. The van der Waals surface area contributed by atoms with Gasteiger partial charge in [0.15, 0.2) is 0 Å². The topological polar surface area (TPSA) is 45.2 Å². The Bertz CT molecular complexity index is 944. The zero-order valence-corrected chi connectivity index (χ0v) is 15.5. The third-order valence-corrected chi connectivity index (χ3v) is 5.23. The van der Waals surface area contributed by atoms with Gasteiger partial charge in [-0.2, -0.15) is 0 Å². The molecule has 5 heteroatoms. The van der Waals surface area contributed by atoms with Gasteiger partial charge < -0.3 is 5.32 Å². The highest BCUT2D eigenvalue weighted by molar-refractivity contribution is 5.94. The van der Waals surface area contributed by atoms with Crippen LogP contribution in [-0.4, -0.2) is 28.9 Å². The number of hydrogen-bond acceptors (Lipinski definition) is 3. The molecule has 2 heterocycles. The molecular weight excluding hydrogens is 353 g/mol. The first-order valence-corrected chi connectivity index (χ1v) is 9.45. The lowest BCUT2D eigenvalue weighted by molar-refractivity contribution is 0.0927. The zero-order valence-electron chi connectivity index (χ0n) is 15.5. The van der Waals surface area contributed by atoms with Crippen LogP contribution < -0.4 is 5.32 Å². The van der Waals surface area contributed by atoms with E-state index in [1.807, 2.05) is 18.3 Å². The van der Waals surface area contributed by atoms with E-state index in [4.69, 9.17) is 0 Å². The minimum atomic E-state index is -0.350. The van der Waals surface area contributed by atoms with Crippen molar-refractivity contribution < 1.29 is 9.18 Å². The molecule has 1 aliphatic heterocycles. The number of benzene rings is 2. The van der Waals surface area contributed by atoms with Gasteiger partial charge in [-0.1, -0.05) is 30.3 Å². The van der Waals surface area contributed by atoms with Crippen LogP contribution in [0.4, 0.5) is 4.39 Å². The maximum Gasteiger partial charge on any atom is 0.251 e. The number of carbonyl (C=O) groups excluding carboxylic acids is 1. The standard InChI is InChI=1S/C23H22FN3O/c24-21-9-7-18(8-10-21)23(28)26-15-22(19-6-3-12-25-14-19)27-13-11-17-4-1-2-5-20(17)16-27/h1-10,12,14,22H,11,13,15-16H2,(H,26,28)/t22-/m1/s1. The Morgan fingerprint density at radius 2 is 1.86 bits per heavy atom. The Balaban J connectivity index is 1.52. The maximum absolute atomic E-state index is 13.1. The molecule has 28 heavy (non-hydrogen) atoms. The van der Waals surface area contributed by atoms with Crippen LogP contribution in [0, 0.1) is 5.82 Å². The number of carbonyl (C=O) groups is 1. The Hall–Kier alpha value is -3.05. The van der Waals surface area contributed by atoms with Crippen LogP contribution in [0.1, 0.15) is 33.1 Å². The highest BCUT2D eigenvalue weighted by Gasteiger charge is 2.25. The van der Waals surface area contributed by atoms with Crippen LogP contribution in [0.5, 0.6) is 0 Å². The van der Waals surface area contributed by atoms with Crippen molar-refractivity contribution in [1.82, 2.24) is 15.2 Å². The van der Waals surface area contributed by atoms with Crippen LogP contribution in [0.15, 0.2) is 73.1 Å². The second kappa shape index (κ2) is 8.31. The molecule has 4 rings (SSSR count). The fourth-order valence-electron chi connectivity index (χ4n) is 3.71. The van der Waals surface area contributed by atoms with Crippen LogP contribution in [0.3, 0.4) is 0 Å². The van der Waals surface area contributed by atoms with Gasteiger partial charge in [0.2, 0.25) is 0 Å². The van der Waals surface area contributed by atoms with Crippen molar-refractivity contribution in [3.63, 3.8) is 0 Å². The molecule has 0 saturated heterocycles. The predicted octanol–water partition coefficient (Wildman–Crippen LogP) is 3.75. The number of rotatable bonds is 5. The second-order valence-electron chi connectivity index (χ2n) is 7.01. The lowest BCUT2D eigenvalue weighted by Crippen LogP contribution is -2.40. The molecule has 2 aromatic carbocycles. The van der Waals surface area contributed by atoms with Crippen LogP contribution in [-0.2, 0) is 13.0 Å². The summed E-state index contributed by atoms with van der Waals surface area (Å²) in [5.74, 6) is -0.553. The molecule has 0 bridgehead atoms. The number of pyridine rings is 1. The Morgan fingerprint density at radius 3 is 2.61 bits per heavy atom. The van der Waals surface area contributed by atoms with Crippen LogP contribution >= 0.6 is 0 Å². The fourth-order valence-corrected chi connectivity index (χ4v) is 3.71. The number of fused-ring (bicyclic) bond motifs is 1. The predicted molar refractivity (Wildman–Crippen MR) is 106 cm³/mol. The van der Waals surface area contributed by atoms with Gasteiger partial charge in [0.1, 0.15) is 5.82 Å². The quantitative estimate of drug-likeness (QED) is 0.739. The van der Waals surface area contributed by atoms with Gasteiger partial charge in [-0.25, -0.2) is 4.39 Å². The molecule has 0 fully saturated rings. The first-order chi connectivity index (χ1) is 13.7. The summed E-state index contributed by atoms with van der Waals surface area (Å²) in [6, 6.07) is 18.1. The van der Waals surface area contributed by atoms with Crippen molar-refractivity contribution in [2.45, 2.75) is 19.0 Å². The summed E-state index contributed by atoms with van der Waals surface area (Å²) >= 11 is 0. The minimum absolute atomic E-state index is 0.0199. The molecule has 1 atom stereocenters. The van der Waals surface area contributed by atoms with E-state index in [1.165, 1.54) is 35.4 Å². The molecule has 1 amide bonds. The minimum Gasteiger partial charge on any atom is -0.350 e. The molecule has 1 aromatic heterocycles. The van der Waals surface area contributed by atoms with E-state index in [0.29, 0.717) is 12.1 Å². The number of halogens is 1. The summed E-state index contributed by atoms with van der Waals surface area (Å²) < 4.78 is 13.1. The molecule has 1 aliphatic rings. The lowest BCUT2D eigenvalue weighted by atomic mass is 9.97. The summed E-state index contributed by atoms with van der Waals surface area (Å²) in [7, 11) is 0. The van der Waals surface area contributed by atoms with E-state index in [9.17, 15) is 9.18 Å². The van der Waals surface area contributed by atoms with Gasteiger partial charge >= 0.3 is 0 Å². The van der Waals surface area contributed by atoms with Gasteiger partial charge in [0, 0.05) is 37.6 Å². The maximum atomic E-state index is 13.1. The highest BCUT2D eigenvalue weighted by atomic mass is 19.1. The van der Waals surface area contributed by atoms with E-state index in [0.717, 1.165) is 25.1 Å². The van der Waals surface area contributed by atoms with Crippen molar-refractivity contribution >= 4 is 5.91 Å². The van der Waals surface area contributed by atoms with E-state index < -0.39 is 0 Å². The third kappa shape index (κ3) is 4.10. The van der Waals surface area contributed by atoms with E-state index in [-0.39, 0.29) is 17.8 Å². The summed E-state index contributed by atoms with van der Waals surface area (Å²) in [4.78, 5) is 19.1. The van der Waals surface area contributed by atoms with E-state index in [1.54, 1.807) is 6.20 Å². The second-order valence-corrected chi connectivity index (χ2v) is 7.01. The zero-order chi connectivity index (χ0) is 19.3. The molecule has 1 N–H and O–H groups in total. The Labute approximate surface area is 164 Å². The average Bonchev–Trinajstić information content (AvgIpc) is 2.75. The molecule has 0 radical (unpaired) electrons. The van der Waals surface area contributed by atoms with Gasteiger partial charge in [0.25, 0.3) is 5.91 Å². The van der Waals surface area contributed by atoms with Crippen molar-refractivity contribution in [2.75, 3.05) is 13.1 Å². The Morgan fingerprint density at radius 1 is 1.07 bits per heavy atom. The van der Waals surface area contributed by atoms with E-state index in [2.05, 4.69) is 39.5 Å². The molecule has 0 spiro atoms. The fraction of sp³-hybridized carbons (Fsp3) is 0.217. The van der Waals surface area contributed by atoms with Gasteiger partial charge in [-0.15, -0.1) is 0 Å². The first-order valence-electron chi connectivity index (χ1n) is 9.45. The number of nitrogens with zero attached hydrogens (tertiary/aromatic N) is 2. The van der Waals surface area contributed by atoms with Crippen molar-refractivity contribution in [3.8, 4) is 0 Å². The average molecular weight is 375 g/mol. The SMILES string of the molecule is O=C(NC[C@H](c1cccnc1)N1CCc2ccccc2C1)c1ccc(F)cc1. The smallest absolute Gasteiger partial charge is 0.251 e. The largest absolute Gasteiger partial charge is 0.350 e. The summed E-state index contributed by atoms with van der Waals surface area (Å²) in [6.07, 6.45) is 4.59. The van der Waals surface area contributed by atoms with Crippen molar-refractivity contribution in [1.29, 1.82) is 0 Å². The highest BCUT2D eigenvalue weighted by Crippen LogP contribution is 2.27. The molecule has 4 nitrogen and oxygen atoms in total. The van der Waals surface area contributed by atoms with E-state index >= 15 is 0 Å². The molecule has 142 valence electrons. The van der Waals surface area contributed by atoms with Crippen molar-refractivity contribution in [2.24, 2.45) is 0 Å². The van der Waals surface area contributed by atoms with Crippen molar-refractivity contribution in [3.05, 3.63) is 101 Å². The number of aromatic nitrogens is 1. The monoisotopic (exact) mass is 375 g/mol. The summed E-state index contributed by atoms with van der Waals surface area (Å²) in [5.41, 5.74) is 4.24. The first kappa shape index (κ1) is 18.3. The molecule has 3 aromatic rings. The van der Waals surface area contributed by atoms with Crippen LogP contribution in [0.25, 0.3) is 0 Å². The number of hydrogen-bond donors (Lipinski definition) is 1. The number of nitrogens with one attached hydrogen (secondary N) is 1.